The highest BCUT2D eigenvalue weighted by Crippen LogP contribution is 2.19. The largest absolute Gasteiger partial charge is 0.431 e. The van der Waals surface area contributed by atoms with Crippen LogP contribution in [0.25, 0.3) is 0 Å². The second kappa shape index (κ2) is 6.64. The van der Waals surface area contributed by atoms with Gasteiger partial charge < -0.3 is 9.32 Å². The number of amides is 2. The number of rotatable bonds is 3. The highest BCUT2D eigenvalue weighted by atomic mass is 16.4. The van der Waals surface area contributed by atoms with E-state index < -0.39 is 0 Å². The van der Waals surface area contributed by atoms with Gasteiger partial charge in [-0.15, -0.1) is 0 Å². The summed E-state index contributed by atoms with van der Waals surface area (Å²) in [5.74, 6) is 0.177. The predicted octanol–water partition coefficient (Wildman–Crippen LogP) is 2.80. The van der Waals surface area contributed by atoms with E-state index in [1.54, 1.807) is 29.2 Å². The van der Waals surface area contributed by atoms with Crippen LogP contribution in [0.2, 0.25) is 0 Å². The number of likely N-dealkylation sites (tertiary alicyclic amines) is 1. The molecular formula is C17H19N3O3. The SMILES string of the molecule is CC1CCN(C(=O)c2coc(NC(=O)c3ccccc3)n2)CC1. The first-order valence-electron chi connectivity index (χ1n) is 7.74. The minimum absolute atomic E-state index is 0.0348. The number of carbonyl (C=O) groups is 2. The normalized spacial score (nSPS) is 15.4. The van der Waals surface area contributed by atoms with Gasteiger partial charge in [-0.3, -0.25) is 14.9 Å². The van der Waals surface area contributed by atoms with Gasteiger partial charge in [0.05, 0.1) is 0 Å². The summed E-state index contributed by atoms with van der Waals surface area (Å²) in [6, 6.07) is 8.80. The molecule has 2 aromatic rings. The molecule has 0 atom stereocenters. The number of nitrogens with zero attached hydrogens (tertiary/aromatic N) is 2. The molecule has 2 heterocycles. The van der Waals surface area contributed by atoms with Crippen LogP contribution in [-0.4, -0.2) is 34.8 Å². The van der Waals surface area contributed by atoms with E-state index in [0.717, 1.165) is 25.9 Å². The van der Waals surface area contributed by atoms with Gasteiger partial charge >= 0.3 is 6.01 Å². The molecule has 0 saturated carbocycles. The highest BCUT2D eigenvalue weighted by molar-refractivity contribution is 6.03. The third-order valence-corrected chi connectivity index (χ3v) is 4.05. The summed E-state index contributed by atoms with van der Waals surface area (Å²) in [5.41, 5.74) is 0.728. The van der Waals surface area contributed by atoms with Crippen molar-refractivity contribution in [2.45, 2.75) is 19.8 Å². The molecule has 0 aliphatic carbocycles. The minimum atomic E-state index is -0.321. The lowest BCUT2D eigenvalue weighted by Gasteiger charge is -2.29. The van der Waals surface area contributed by atoms with Crippen LogP contribution in [0, 0.1) is 5.92 Å². The van der Waals surface area contributed by atoms with Gasteiger partial charge in [-0.1, -0.05) is 25.1 Å². The standard InChI is InChI=1S/C17H19N3O3/c1-12-7-9-20(10-8-12)16(22)14-11-23-17(18-14)19-15(21)13-5-3-2-4-6-13/h2-6,11-12H,7-10H2,1H3,(H,18,19,21). The summed E-state index contributed by atoms with van der Waals surface area (Å²) in [5, 5.41) is 2.56. The Balaban J connectivity index is 1.64. The smallest absolute Gasteiger partial charge is 0.302 e. The first-order valence-corrected chi connectivity index (χ1v) is 7.74. The van der Waals surface area contributed by atoms with Gasteiger partial charge in [0.25, 0.3) is 11.8 Å². The number of oxazole rings is 1. The summed E-state index contributed by atoms with van der Waals surface area (Å²) in [6.07, 6.45) is 3.29. The van der Waals surface area contributed by atoms with Crippen molar-refractivity contribution in [1.82, 2.24) is 9.88 Å². The topological polar surface area (TPSA) is 75.4 Å². The Bertz CT molecular complexity index is 688. The van der Waals surface area contributed by atoms with Crippen molar-refractivity contribution in [3.05, 3.63) is 47.9 Å². The lowest BCUT2D eigenvalue weighted by molar-refractivity contribution is 0.0691. The highest BCUT2D eigenvalue weighted by Gasteiger charge is 2.24. The maximum absolute atomic E-state index is 12.4. The molecule has 1 saturated heterocycles. The van der Waals surface area contributed by atoms with Gasteiger partial charge in [0.1, 0.15) is 6.26 Å². The summed E-state index contributed by atoms with van der Waals surface area (Å²) in [7, 11) is 0. The van der Waals surface area contributed by atoms with E-state index in [1.807, 2.05) is 6.07 Å². The Morgan fingerprint density at radius 3 is 2.61 bits per heavy atom. The molecule has 0 spiro atoms. The summed E-state index contributed by atoms with van der Waals surface area (Å²) < 4.78 is 5.20. The molecule has 1 aliphatic rings. The number of benzene rings is 1. The third-order valence-electron chi connectivity index (χ3n) is 4.05. The van der Waals surface area contributed by atoms with Gasteiger partial charge in [0.2, 0.25) is 0 Å². The zero-order valence-corrected chi connectivity index (χ0v) is 13.0. The fraction of sp³-hybridized carbons (Fsp3) is 0.353. The second-order valence-electron chi connectivity index (χ2n) is 5.83. The van der Waals surface area contributed by atoms with Crippen LogP contribution in [0.1, 0.15) is 40.6 Å². The van der Waals surface area contributed by atoms with Gasteiger partial charge in [0, 0.05) is 18.7 Å². The van der Waals surface area contributed by atoms with Crippen molar-refractivity contribution in [2.24, 2.45) is 5.92 Å². The quantitative estimate of drug-likeness (QED) is 0.945. The number of anilines is 1. The van der Waals surface area contributed by atoms with Crippen LogP contribution in [0.4, 0.5) is 6.01 Å². The molecule has 0 unspecified atom stereocenters. The number of hydrogen-bond donors (Lipinski definition) is 1. The van der Waals surface area contributed by atoms with Gasteiger partial charge in [-0.2, -0.15) is 4.98 Å². The van der Waals surface area contributed by atoms with Crippen molar-refractivity contribution >= 4 is 17.8 Å². The molecule has 0 bridgehead atoms. The van der Waals surface area contributed by atoms with Crippen molar-refractivity contribution in [1.29, 1.82) is 0 Å². The van der Waals surface area contributed by atoms with Crippen LogP contribution < -0.4 is 5.32 Å². The van der Waals surface area contributed by atoms with Crippen LogP contribution in [0.15, 0.2) is 41.0 Å². The van der Waals surface area contributed by atoms with Crippen LogP contribution >= 0.6 is 0 Å². The maximum atomic E-state index is 12.4. The fourth-order valence-corrected chi connectivity index (χ4v) is 2.56. The number of aromatic nitrogens is 1. The Morgan fingerprint density at radius 2 is 1.91 bits per heavy atom. The molecule has 23 heavy (non-hydrogen) atoms. The zero-order chi connectivity index (χ0) is 16.2. The molecule has 120 valence electrons. The summed E-state index contributed by atoms with van der Waals surface area (Å²) in [4.78, 5) is 30.2. The average Bonchev–Trinajstić information content (AvgIpc) is 3.04. The Morgan fingerprint density at radius 1 is 1.22 bits per heavy atom. The molecular weight excluding hydrogens is 294 g/mol. The van der Waals surface area contributed by atoms with E-state index in [-0.39, 0.29) is 23.5 Å². The molecule has 6 heteroatoms. The molecule has 1 N–H and O–H groups in total. The Hall–Kier alpha value is -2.63. The molecule has 1 aromatic heterocycles. The van der Waals surface area contributed by atoms with Crippen LogP contribution in [0.3, 0.4) is 0 Å². The number of nitrogens with one attached hydrogen (secondary N) is 1. The van der Waals surface area contributed by atoms with Crippen molar-refractivity contribution in [3.8, 4) is 0 Å². The van der Waals surface area contributed by atoms with Crippen LogP contribution in [-0.2, 0) is 0 Å². The molecule has 1 aliphatic heterocycles. The monoisotopic (exact) mass is 313 g/mol. The van der Waals surface area contributed by atoms with E-state index >= 15 is 0 Å². The maximum Gasteiger partial charge on any atom is 0.302 e. The molecule has 1 aromatic carbocycles. The molecule has 2 amide bonds. The second-order valence-corrected chi connectivity index (χ2v) is 5.83. The first kappa shape index (κ1) is 15.3. The lowest BCUT2D eigenvalue weighted by atomic mass is 9.99. The van der Waals surface area contributed by atoms with Crippen molar-refractivity contribution < 1.29 is 14.0 Å². The zero-order valence-electron chi connectivity index (χ0n) is 13.0. The minimum Gasteiger partial charge on any atom is -0.431 e. The van der Waals surface area contributed by atoms with Gasteiger partial charge in [0.15, 0.2) is 5.69 Å². The van der Waals surface area contributed by atoms with E-state index in [1.165, 1.54) is 6.26 Å². The number of carbonyl (C=O) groups excluding carboxylic acids is 2. The molecule has 3 rings (SSSR count). The van der Waals surface area contributed by atoms with E-state index in [4.69, 9.17) is 4.42 Å². The van der Waals surface area contributed by atoms with E-state index in [0.29, 0.717) is 11.5 Å². The van der Waals surface area contributed by atoms with Gasteiger partial charge in [-0.25, -0.2) is 0 Å². The van der Waals surface area contributed by atoms with Crippen molar-refractivity contribution in [3.63, 3.8) is 0 Å². The molecule has 6 nitrogen and oxygen atoms in total. The molecule has 0 radical (unpaired) electrons. The first-order chi connectivity index (χ1) is 11.1. The van der Waals surface area contributed by atoms with Gasteiger partial charge in [-0.05, 0) is 30.9 Å². The summed E-state index contributed by atoms with van der Waals surface area (Å²) in [6.45, 7) is 3.66. The number of piperidine rings is 1. The summed E-state index contributed by atoms with van der Waals surface area (Å²) >= 11 is 0. The number of hydrogen-bond acceptors (Lipinski definition) is 4. The lowest BCUT2D eigenvalue weighted by Crippen LogP contribution is -2.38. The molecule has 1 fully saturated rings. The third kappa shape index (κ3) is 3.59. The van der Waals surface area contributed by atoms with Crippen molar-refractivity contribution in [2.75, 3.05) is 18.4 Å². The van der Waals surface area contributed by atoms with Crippen LogP contribution in [0.5, 0.6) is 0 Å². The average molecular weight is 313 g/mol. The Labute approximate surface area is 134 Å². The van der Waals surface area contributed by atoms with E-state index in [9.17, 15) is 9.59 Å². The Kier molecular flexibility index (Phi) is 4.41. The fourth-order valence-electron chi connectivity index (χ4n) is 2.56. The van der Waals surface area contributed by atoms with E-state index in [2.05, 4.69) is 17.2 Å². The predicted molar refractivity (Wildman–Crippen MR) is 85.2 cm³/mol.